The number of halogens is 2. The highest BCUT2D eigenvalue weighted by molar-refractivity contribution is 6.31. The zero-order valence-corrected chi connectivity index (χ0v) is 16.5. The standard InChI is InChI=1S/C22H24ClFN4O3/c1-29-20-13-19-16(12-21(20)31-8-2-5-28-6-9-30-10-7-28)22(26-14-25-19)27-15-3-4-18(24)17(23)11-15/h3-4,11-14H,2,5-10H2,1H3,(H,25,26,27)/i1D3,2D2,5D2,6D2,7D2,8D2. The van der Waals surface area contributed by atoms with E-state index in [-0.39, 0.29) is 32.3 Å². The summed E-state index contributed by atoms with van der Waals surface area (Å²) in [7, 11) is -3.12. The molecule has 1 saturated heterocycles. The Balaban J connectivity index is 1.81. The average Bonchev–Trinajstić information content (AvgIpc) is 2.84. The first-order valence-electron chi connectivity index (χ1n) is 15.3. The maximum atomic E-state index is 13.7. The van der Waals surface area contributed by atoms with Crippen molar-refractivity contribution in [3.05, 3.63) is 47.5 Å². The van der Waals surface area contributed by atoms with Crippen molar-refractivity contribution in [1.29, 1.82) is 0 Å². The minimum atomic E-state index is -3.84. The summed E-state index contributed by atoms with van der Waals surface area (Å²) in [5.41, 5.74) is 0.298. The predicted molar refractivity (Wildman–Crippen MR) is 118 cm³/mol. The van der Waals surface area contributed by atoms with Gasteiger partial charge in [0.15, 0.2) is 11.5 Å². The van der Waals surface area contributed by atoms with Gasteiger partial charge in [0.1, 0.15) is 18.0 Å². The third-order valence-electron chi connectivity index (χ3n) is 4.02. The van der Waals surface area contributed by atoms with Gasteiger partial charge in [0.05, 0.1) is 44.2 Å². The van der Waals surface area contributed by atoms with Gasteiger partial charge in [-0.15, -0.1) is 0 Å². The number of rotatable bonds is 8. The fourth-order valence-corrected chi connectivity index (χ4v) is 2.78. The van der Waals surface area contributed by atoms with Crippen molar-refractivity contribution in [3.8, 4) is 11.5 Å². The van der Waals surface area contributed by atoms with E-state index in [2.05, 4.69) is 15.3 Å². The van der Waals surface area contributed by atoms with Gasteiger partial charge in [-0.2, -0.15) is 0 Å². The fraction of sp³-hybridized carbons (Fsp3) is 0.364. The van der Waals surface area contributed by atoms with Crippen molar-refractivity contribution in [2.24, 2.45) is 0 Å². The molecule has 0 saturated carbocycles. The van der Waals surface area contributed by atoms with E-state index in [0.717, 1.165) is 24.5 Å². The van der Waals surface area contributed by atoms with Crippen LogP contribution in [0.5, 0.6) is 11.5 Å². The van der Waals surface area contributed by atoms with Gasteiger partial charge in [0.2, 0.25) is 0 Å². The minimum Gasteiger partial charge on any atom is -0.493 e. The van der Waals surface area contributed by atoms with Crippen LogP contribution in [0.3, 0.4) is 0 Å². The molecule has 1 aromatic heterocycles. The number of benzene rings is 2. The zero-order chi connectivity index (χ0) is 33.1. The molecule has 0 unspecified atom stereocenters. The van der Waals surface area contributed by atoms with Gasteiger partial charge in [-0.3, -0.25) is 4.90 Å². The Morgan fingerprint density at radius 1 is 1.29 bits per heavy atom. The maximum absolute atomic E-state index is 13.7. The number of morpholine rings is 1. The van der Waals surface area contributed by atoms with Crippen LogP contribution in [0.15, 0.2) is 36.7 Å². The van der Waals surface area contributed by atoms with Crippen LogP contribution >= 0.6 is 11.6 Å². The number of aromatic nitrogens is 2. The van der Waals surface area contributed by atoms with Crippen molar-refractivity contribution >= 4 is 34.0 Å². The summed E-state index contributed by atoms with van der Waals surface area (Å²) in [6.07, 6.45) is -2.75. The van der Waals surface area contributed by atoms with Gasteiger partial charge in [0.25, 0.3) is 0 Å². The normalized spacial score (nSPS) is 25.8. The van der Waals surface area contributed by atoms with Gasteiger partial charge in [0, 0.05) is 47.6 Å². The van der Waals surface area contributed by atoms with E-state index in [1.165, 1.54) is 12.1 Å². The molecule has 9 heteroatoms. The molecule has 0 bridgehead atoms. The molecular weight excluding hydrogens is 423 g/mol. The van der Waals surface area contributed by atoms with Crippen LogP contribution in [-0.4, -0.2) is 61.2 Å². The molecule has 3 aromatic rings. The monoisotopic (exact) mass is 459 g/mol. The van der Waals surface area contributed by atoms with E-state index in [9.17, 15) is 4.39 Å². The first-order chi connectivity index (χ1) is 20.0. The van der Waals surface area contributed by atoms with Crippen LogP contribution in [0.1, 0.15) is 24.2 Å². The number of fused-ring (bicyclic) bond motifs is 1. The smallest absolute Gasteiger partial charge is 0.162 e. The first-order valence-corrected chi connectivity index (χ1v) is 9.13. The second kappa shape index (κ2) is 10.1. The van der Waals surface area contributed by atoms with Crippen LogP contribution in [0.25, 0.3) is 10.9 Å². The summed E-state index contributed by atoms with van der Waals surface area (Å²) >= 11 is 5.85. The fourth-order valence-electron chi connectivity index (χ4n) is 2.60. The third kappa shape index (κ3) is 5.33. The number of hydrogen-bond acceptors (Lipinski definition) is 7. The highest BCUT2D eigenvalue weighted by atomic mass is 35.5. The number of ether oxygens (including phenoxy) is 3. The second-order valence-electron chi connectivity index (χ2n) is 5.98. The van der Waals surface area contributed by atoms with Crippen LogP contribution in [0.4, 0.5) is 15.9 Å². The Hall–Kier alpha value is -2.68. The van der Waals surface area contributed by atoms with Crippen LogP contribution in [0, 0.1) is 5.82 Å². The lowest BCUT2D eigenvalue weighted by molar-refractivity contribution is 0.0357. The van der Waals surface area contributed by atoms with Crippen molar-refractivity contribution in [3.63, 3.8) is 0 Å². The molecule has 1 aliphatic rings. The summed E-state index contributed by atoms with van der Waals surface area (Å²) < 4.78 is 134. The van der Waals surface area contributed by atoms with E-state index in [1.807, 2.05) is 0 Å². The highest BCUT2D eigenvalue weighted by Crippen LogP contribution is 2.35. The lowest BCUT2D eigenvalue weighted by Crippen LogP contribution is -2.37. The molecule has 0 aliphatic carbocycles. The molecule has 164 valence electrons. The Morgan fingerprint density at radius 2 is 2.16 bits per heavy atom. The van der Waals surface area contributed by atoms with Crippen molar-refractivity contribution in [2.75, 3.05) is 51.6 Å². The van der Waals surface area contributed by atoms with E-state index < -0.39 is 70.0 Å². The van der Waals surface area contributed by atoms with Crippen LogP contribution < -0.4 is 14.8 Å². The van der Waals surface area contributed by atoms with E-state index in [1.54, 1.807) is 0 Å². The highest BCUT2D eigenvalue weighted by Gasteiger charge is 2.14. The minimum absolute atomic E-state index is 0.0107. The largest absolute Gasteiger partial charge is 0.493 e. The summed E-state index contributed by atoms with van der Waals surface area (Å²) in [6, 6.07) is 5.68. The SMILES string of the molecule is [2H]C([2H])([2H])Oc1cc2ncnc(Nc3ccc(F)c(Cl)c3)c2cc1OC([2H])([2H])C([2H])([2H])C([2H])([2H])N1C([2H])([2H])COCC1([2H])[2H]. The van der Waals surface area contributed by atoms with Gasteiger partial charge in [-0.05, 0) is 30.6 Å². The second-order valence-corrected chi connectivity index (χ2v) is 6.39. The van der Waals surface area contributed by atoms with E-state index in [4.69, 9.17) is 43.6 Å². The van der Waals surface area contributed by atoms with Crippen molar-refractivity contribution < 1.29 is 36.4 Å². The summed E-state index contributed by atoms with van der Waals surface area (Å²) in [6.45, 7) is -15.0. The lowest BCUT2D eigenvalue weighted by Gasteiger charge is -2.26. The number of hydrogen-bond donors (Lipinski definition) is 1. The topological polar surface area (TPSA) is 68.7 Å². The molecule has 0 amide bonds. The average molecular weight is 460 g/mol. The predicted octanol–water partition coefficient (Wildman–Crippen LogP) is 4.28. The molecule has 1 fully saturated rings. The summed E-state index contributed by atoms with van der Waals surface area (Å²) in [5.74, 6) is -2.08. The van der Waals surface area contributed by atoms with Crippen molar-refractivity contribution in [2.45, 2.75) is 6.37 Å². The summed E-state index contributed by atoms with van der Waals surface area (Å²) in [5, 5.41) is 2.67. The number of methoxy groups -OCH3 is 1. The molecule has 0 radical (unpaired) electrons. The molecule has 1 aliphatic heterocycles. The number of nitrogens with one attached hydrogen (secondary N) is 1. The maximum Gasteiger partial charge on any atom is 0.162 e. The first kappa shape index (κ1) is 10.8. The Bertz CT molecular complexity index is 1550. The molecule has 1 N–H and O–H groups in total. The molecule has 4 rings (SSSR count). The summed E-state index contributed by atoms with van der Waals surface area (Å²) in [4.78, 5) is 8.02. The lowest BCUT2D eigenvalue weighted by atomic mass is 10.2. The molecule has 0 spiro atoms. The Kier molecular flexibility index (Phi) is 3.50. The van der Waals surface area contributed by atoms with Crippen molar-refractivity contribution in [1.82, 2.24) is 14.9 Å². The van der Waals surface area contributed by atoms with Gasteiger partial charge < -0.3 is 19.5 Å². The zero-order valence-electron chi connectivity index (χ0n) is 28.7. The molecule has 7 nitrogen and oxygen atoms in total. The molecule has 2 heterocycles. The van der Waals surface area contributed by atoms with Crippen LogP contribution in [0.2, 0.25) is 5.02 Å². The Labute approximate surface area is 203 Å². The van der Waals surface area contributed by atoms with Gasteiger partial charge >= 0.3 is 0 Å². The molecule has 31 heavy (non-hydrogen) atoms. The molecular formula is C22H24ClFN4O3. The van der Waals surface area contributed by atoms with Gasteiger partial charge in [-0.25, -0.2) is 14.4 Å². The van der Waals surface area contributed by atoms with Crippen LogP contribution in [-0.2, 0) is 4.74 Å². The third-order valence-corrected chi connectivity index (χ3v) is 4.31. The molecule has 0 atom stereocenters. The Morgan fingerprint density at radius 3 is 2.97 bits per heavy atom. The number of nitrogens with zero attached hydrogens (tertiary/aromatic N) is 3. The van der Waals surface area contributed by atoms with E-state index in [0.29, 0.717) is 0 Å². The number of anilines is 2. The van der Waals surface area contributed by atoms with E-state index >= 15 is 0 Å². The van der Waals surface area contributed by atoms with Gasteiger partial charge in [-0.1, -0.05) is 11.6 Å². The molecule has 2 aromatic carbocycles. The quantitative estimate of drug-likeness (QED) is 0.539.